The fourth-order valence-electron chi connectivity index (χ4n) is 2.12. The van der Waals surface area contributed by atoms with Crippen molar-refractivity contribution in [3.63, 3.8) is 0 Å². The molecule has 0 spiro atoms. The minimum absolute atomic E-state index is 0.255. The highest BCUT2D eigenvalue weighted by Crippen LogP contribution is 2.16. The van der Waals surface area contributed by atoms with E-state index in [9.17, 15) is 9.59 Å². The van der Waals surface area contributed by atoms with Crippen molar-refractivity contribution in [3.05, 3.63) is 20.8 Å². The summed E-state index contributed by atoms with van der Waals surface area (Å²) in [4.78, 5) is 27.8. The number of hydrogen-bond donors (Lipinski definition) is 2. The second-order valence-corrected chi connectivity index (χ2v) is 5.27. The van der Waals surface area contributed by atoms with Crippen molar-refractivity contribution in [1.82, 2.24) is 9.55 Å². The highest BCUT2D eigenvalue weighted by Gasteiger charge is 2.16. The van der Waals surface area contributed by atoms with Gasteiger partial charge in [-0.3, -0.25) is 14.3 Å². The zero-order chi connectivity index (χ0) is 14.6. The first kappa shape index (κ1) is 15.3. The normalized spacial score (nSPS) is 11.0. The van der Waals surface area contributed by atoms with Gasteiger partial charge in [0.15, 0.2) is 0 Å². The lowest BCUT2D eigenvalue weighted by molar-refractivity contribution is 0.597. The molecule has 0 aliphatic carbocycles. The molecule has 1 rings (SSSR count). The lowest BCUT2D eigenvalue weighted by Gasteiger charge is -2.23. The second kappa shape index (κ2) is 6.45. The third kappa shape index (κ3) is 3.62. The summed E-state index contributed by atoms with van der Waals surface area (Å²) >= 11 is 0. The van der Waals surface area contributed by atoms with Gasteiger partial charge in [-0.25, -0.2) is 4.79 Å². The standard InChI is InChI=1S/C13H24N4O2/c1-5-6-7-17-11(14)10(12(18)15-13(17)19)16(4)8-9(2)3/h9H,5-8,14H2,1-4H3,(H,15,18,19). The van der Waals surface area contributed by atoms with Crippen molar-refractivity contribution in [2.75, 3.05) is 24.2 Å². The van der Waals surface area contributed by atoms with Gasteiger partial charge in [-0.15, -0.1) is 0 Å². The molecule has 0 radical (unpaired) electrons. The second-order valence-electron chi connectivity index (χ2n) is 5.27. The molecule has 108 valence electrons. The van der Waals surface area contributed by atoms with Crippen LogP contribution in [0.3, 0.4) is 0 Å². The van der Waals surface area contributed by atoms with Crippen LogP contribution >= 0.6 is 0 Å². The van der Waals surface area contributed by atoms with Gasteiger partial charge in [0.1, 0.15) is 11.5 Å². The van der Waals surface area contributed by atoms with Crippen molar-refractivity contribution < 1.29 is 0 Å². The largest absolute Gasteiger partial charge is 0.383 e. The molecular formula is C13H24N4O2. The van der Waals surface area contributed by atoms with Gasteiger partial charge < -0.3 is 10.6 Å². The van der Waals surface area contributed by atoms with E-state index in [-0.39, 0.29) is 5.82 Å². The molecule has 6 heteroatoms. The summed E-state index contributed by atoms with van der Waals surface area (Å²) in [6.07, 6.45) is 1.81. The molecule has 6 nitrogen and oxygen atoms in total. The van der Waals surface area contributed by atoms with Gasteiger partial charge in [0.2, 0.25) is 0 Å². The number of hydrogen-bond acceptors (Lipinski definition) is 4. The molecule has 1 aromatic heterocycles. The van der Waals surface area contributed by atoms with Crippen LogP contribution in [-0.4, -0.2) is 23.1 Å². The number of rotatable bonds is 6. The fraction of sp³-hybridized carbons (Fsp3) is 0.692. The van der Waals surface area contributed by atoms with Crippen LogP contribution < -0.4 is 21.9 Å². The summed E-state index contributed by atoms with van der Waals surface area (Å²) in [5.74, 6) is 0.658. The van der Waals surface area contributed by atoms with Crippen LogP contribution in [0.5, 0.6) is 0 Å². The maximum atomic E-state index is 11.9. The smallest absolute Gasteiger partial charge is 0.330 e. The highest BCUT2D eigenvalue weighted by atomic mass is 16.2. The topological polar surface area (TPSA) is 84.1 Å². The minimum Gasteiger partial charge on any atom is -0.383 e. The molecule has 0 atom stereocenters. The molecule has 0 bridgehead atoms. The summed E-state index contributed by atoms with van der Waals surface area (Å²) in [7, 11) is 1.82. The van der Waals surface area contributed by atoms with Crippen LogP contribution in [0.1, 0.15) is 33.6 Å². The molecule has 0 fully saturated rings. The van der Waals surface area contributed by atoms with E-state index in [4.69, 9.17) is 5.73 Å². The Morgan fingerprint density at radius 1 is 1.37 bits per heavy atom. The Bertz CT molecular complexity index is 530. The lowest BCUT2D eigenvalue weighted by Crippen LogP contribution is -2.38. The van der Waals surface area contributed by atoms with Crippen LogP contribution in [0.25, 0.3) is 0 Å². The van der Waals surface area contributed by atoms with Gasteiger partial charge in [-0.1, -0.05) is 27.2 Å². The van der Waals surface area contributed by atoms with E-state index < -0.39 is 11.2 Å². The Hall–Kier alpha value is -1.72. The third-order valence-electron chi connectivity index (χ3n) is 2.97. The predicted octanol–water partition coefficient (Wildman–Crippen LogP) is 1.01. The van der Waals surface area contributed by atoms with Crippen molar-refractivity contribution in [2.24, 2.45) is 5.92 Å². The summed E-state index contributed by atoms with van der Waals surface area (Å²) in [5.41, 5.74) is 5.53. The number of nitrogen functional groups attached to an aromatic ring is 1. The van der Waals surface area contributed by atoms with E-state index in [2.05, 4.69) is 18.8 Å². The van der Waals surface area contributed by atoms with Gasteiger partial charge in [0.05, 0.1) is 0 Å². The van der Waals surface area contributed by atoms with Crippen LogP contribution in [-0.2, 0) is 6.54 Å². The molecule has 0 amide bonds. The molecule has 0 aromatic carbocycles. The molecule has 0 unspecified atom stereocenters. The third-order valence-corrected chi connectivity index (χ3v) is 2.97. The number of anilines is 2. The molecule has 1 heterocycles. The molecule has 3 N–H and O–H groups in total. The van der Waals surface area contributed by atoms with Gasteiger partial charge in [0, 0.05) is 20.1 Å². The van der Waals surface area contributed by atoms with Gasteiger partial charge in [0.25, 0.3) is 5.56 Å². The lowest BCUT2D eigenvalue weighted by atomic mass is 10.2. The van der Waals surface area contributed by atoms with Crippen LogP contribution in [0.4, 0.5) is 11.5 Å². The summed E-state index contributed by atoms with van der Waals surface area (Å²) < 4.78 is 1.44. The Labute approximate surface area is 113 Å². The molecule has 0 aliphatic heterocycles. The van der Waals surface area contributed by atoms with Crippen molar-refractivity contribution >= 4 is 11.5 Å². The van der Waals surface area contributed by atoms with Crippen LogP contribution in [0, 0.1) is 5.92 Å². The van der Waals surface area contributed by atoms with Gasteiger partial charge in [-0.05, 0) is 12.3 Å². The zero-order valence-corrected chi connectivity index (χ0v) is 12.2. The Morgan fingerprint density at radius 3 is 2.53 bits per heavy atom. The predicted molar refractivity (Wildman–Crippen MR) is 78.8 cm³/mol. The molecular weight excluding hydrogens is 244 g/mol. The first-order chi connectivity index (χ1) is 8.88. The van der Waals surface area contributed by atoms with E-state index in [1.807, 2.05) is 14.0 Å². The highest BCUT2D eigenvalue weighted by molar-refractivity contribution is 5.61. The summed E-state index contributed by atoms with van der Waals surface area (Å²) in [5, 5.41) is 0. The summed E-state index contributed by atoms with van der Waals surface area (Å²) in [6.45, 7) is 7.40. The zero-order valence-electron chi connectivity index (χ0n) is 12.2. The number of nitrogens with zero attached hydrogens (tertiary/aromatic N) is 2. The van der Waals surface area contributed by atoms with Crippen molar-refractivity contribution in [3.8, 4) is 0 Å². The van der Waals surface area contributed by atoms with E-state index in [1.54, 1.807) is 4.90 Å². The number of nitrogens with one attached hydrogen (secondary N) is 1. The molecule has 1 aromatic rings. The van der Waals surface area contributed by atoms with Crippen LogP contribution in [0.15, 0.2) is 9.59 Å². The van der Waals surface area contributed by atoms with E-state index in [1.165, 1.54) is 4.57 Å². The van der Waals surface area contributed by atoms with E-state index in [0.717, 1.165) is 12.8 Å². The van der Waals surface area contributed by atoms with Gasteiger partial charge in [-0.2, -0.15) is 0 Å². The summed E-state index contributed by atoms with van der Waals surface area (Å²) in [6, 6.07) is 0. The average Bonchev–Trinajstić information content (AvgIpc) is 2.27. The van der Waals surface area contributed by atoms with Crippen molar-refractivity contribution in [1.29, 1.82) is 0 Å². The maximum Gasteiger partial charge on any atom is 0.330 e. The Balaban J connectivity index is 3.24. The first-order valence-electron chi connectivity index (χ1n) is 6.72. The maximum absolute atomic E-state index is 11.9. The Morgan fingerprint density at radius 2 is 2.00 bits per heavy atom. The average molecular weight is 268 g/mol. The Kier molecular flexibility index (Phi) is 5.20. The molecule has 0 aliphatic rings. The van der Waals surface area contributed by atoms with Crippen molar-refractivity contribution in [2.45, 2.75) is 40.2 Å². The number of H-pyrrole nitrogens is 1. The van der Waals surface area contributed by atoms with Gasteiger partial charge >= 0.3 is 5.69 Å². The molecule has 0 saturated carbocycles. The molecule has 0 saturated heterocycles. The number of aromatic amines is 1. The SMILES string of the molecule is CCCCn1c(N)c(N(C)CC(C)C)c(=O)[nH]c1=O. The fourth-order valence-corrected chi connectivity index (χ4v) is 2.12. The number of nitrogens with two attached hydrogens (primary N) is 1. The molecule has 19 heavy (non-hydrogen) atoms. The first-order valence-corrected chi connectivity index (χ1v) is 6.72. The van der Waals surface area contributed by atoms with E-state index in [0.29, 0.717) is 24.7 Å². The monoisotopic (exact) mass is 268 g/mol. The number of unbranched alkanes of at least 4 members (excludes halogenated alkanes) is 1. The number of aromatic nitrogens is 2. The minimum atomic E-state index is -0.433. The van der Waals surface area contributed by atoms with Crippen LogP contribution in [0.2, 0.25) is 0 Å². The quantitative estimate of drug-likeness (QED) is 0.806. The van der Waals surface area contributed by atoms with E-state index >= 15 is 0 Å².